The van der Waals surface area contributed by atoms with Gasteiger partial charge in [0.25, 0.3) is 0 Å². The van der Waals surface area contributed by atoms with Crippen LogP contribution in [0.5, 0.6) is 0 Å². The van der Waals surface area contributed by atoms with Gasteiger partial charge in [0.05, 0.1) is 0 Å². The zero-order chi connectivity index (χ0) is 12.0. The molecule has 1 rings (SSSR count). The Balaban J connectivity index is 2.49. The van der Waals surface area contributed by atoms with E-state index in [-0.39, 0.29) is 0 Å². The summed E-state index contributed by atoms with van der Waals surface area (Å²) in [5.74, 6) is 2.78. The average molecular weight is 224 g/mol. The molecule has 0 aliphatic rings. The summed E-state index contributed by atoms with van der Waals surface area (Å²) in [4.78, 5) is 4.52. The Kier molecular flexibility index (Phi) is 5.46. The van der Waals surface area contributed by atoms with Crippen LogP contribution in [-0.2, 0) is 19.9 Å². The predicted molar refractivity (Wildman–Crippen MR) is 66.2 cm³/mol. The summed E-state index contributed by atoms with van der Waals surface area (Å²) >= 11 is 0. The maximum Gasteiger partial charge on any atom is 0.150 e. The van der Waals surface area contributed by atoms with Gasteiger partial charge in [0, 0.05) is 19.9 Å². The van der Waals surface area contributed by atoms with E-state index in [4.69, 9.17) is 5.73 Å². The lowest BCUT2D eigenvalue weighted by Crippen LogP contribution is -2.10. The highest BCUT2D eigenvalue weighted by Gasteiger charge is 2.10. The van der Waals surface area contributed by atoms with Gasteiger partial charge in [-0.2, -0.15) is 5.10 Å². The third kappa shape index (κ3) is 3.59. The normalized spacial score (nSPS) is 13.0. The van der Waals surface area contributed by atoms with Crippen molar-refractivity contribution in [2.24, 2.45) is 18.7 Å². The first-order valence-electron chi connectivity index (χ1n) is 6.30. The Bertz CT molecular complexity index is 306. The first kappa shape index (κ1) is 13.2. The van der Waals surface area contributed by atoms with Gasteiger partial charge in [-0.05, 0) is 25.3 Å². The Morgan fingerprint density at radius 2 is 2.06 bits per heavy atom. The summed E-state index contributed by atoms with van der Waals surface area (Å²) in [6, 6.07) is 0. The molecule has 0 bridgehead atoms. The third-order valence-corrected chi connectivity index (χ3v) is 3.14. The van der Waals surface area contributed by atoms with Crippen LogP contribution < -0.4 is 5.73 Å². The van der Waals surface area contributed by atoms with E-state index in [0.717, 1.165) is 43.4 Å². The second kappa shape index (κ2) is 6.63. The van der Waals surface area contributed by atoms with Gasteiger partial charge in [0.1, 0.15) is 5.82 Å². The van der Waals surface area contributed by atoms with E-state index in [2.05, 4.69) is 23.9 Å². The summed E-state index contributed by atoms with van der Waals surface area (Å²) < 4.78 is 1.91. The van der Waals surface area contributed by atoms with E-state index in [0.29, 0.717) is 0 Å². The van der Waals surface area contributed by atoms with E-state index in [9.17, 15) is 0 Å². The van der Waals surface area contributed by atoms with Crippen molar-refractivity contribution in [1.82, 2.24) is 14.8 Å². The predicted octanol–water partition coefficient (Wildman–Crippen LogP) is 1.69. The van der Waals surface area contributed by atoms with Crippen molar-refractivity contribution in [2.45, 2.75) is 46.0 Å². The van der Waals surface area contributed by atoms with E-state index in [1.54, 1.807) is 0 Å². The maximum atomic E-state index is 5.60. The zero-order valence-electron chi connectivity index (χ0n) is 10.7. The lowest BCUT2D eigenvalue weighted by Gasteiger charge is -2.12. The Morgan fingerprint density at radius 1 is 1.31 bits per heavy atom. The third-order valence-electron chi connectivity index (χ3n) is 3.14. The van der Waals surface area contributed by atoms with Crippen LogP contribution in [0.3, 0.4) is 0 Å². The van der Waals surface area contributed by atoms with Crippen LogP contribution >= 0.6 is 0 Å². The largest absolute Gasteiger partial charge is 0.330 e. The van der Waals surface area contributed by atoms with Gasteiger partial charge >= 0.3 is 0 Å². The van der Waals surface area contributed by atoms with Crippen molar-refractivity contribution in [2.75, 3.05) is 6.54 Å². The topological polar surface area (TPSA) is 56.7 Å². The molecule has 0 aromatic carbocycles. The summed E-state index contributed by atoms with van der Waals surface area (Å²) in [7, 11) is 1.98. The molecule has 4 heteroatoms. The van der Waals surface area contributed by atoms with Crippen molar-refractivity contribution in [3.05, 3.63) is 11.6 Å². The number of nitrogens with two attached hydrogens (primary N) is 1. The van der Waals surface area contributed by atoms with Gasteiger partial charge in [-0.1, -0.05) is 20.3 Å². The molecule has 1 heterocycles. The molecule has 0 aliphatic heterocycles. The molecule has 2 N–H and O–H groups in total. The Morgan fingerprint density at radius 3 is 2.56 bits per heavy atom. The van der Waals surface area contributed by atoms with Crippen LogP contribution in [0.1, 0.15) is 44.8 Å². The van der Waals surface area contributed by atoms with Crippen LogP contribution in [0.2, 0.25) is 0 Å². The smallest absolute Gasteiger partial charge is 0.150 e. The van der Waals surface area contributed by atoms with Crippen molar-refractivity contribution in [1.29, 1.82) is 0 Å². The van der Waals surface area contributed by atoms with Gasteiger partial charge in [0.15, 0.2) is 5.82 Å². The minimum Gasteiger partial charge on any atom is -0.330 e. The number of hydrogen-bond acceptors (Lipinski definition) is 3. The Labute approximate surface area is 98.2 Å². The van der Waals surface area contributed by atoms with Gasteiger partial charge in [-0.25, -0.2) is 4.98 Å². The highest BCUT2D eigenvalue weighted by molar-refractivity contribution is 4.92. The Hall–Kier alpha value is -0.900. The van der Waals surface area contributed by atoms with Crippen molar-refractivity contribution in [3.8, 4) is 0 Å². The van der Waals surface area contributed by atoms with E-state index >= 15 is 0 Å². The molecule has 1 atom stereocenters. The van der Waals surface area contributed by atoms with Crippen LogP contribution in [0.4, 0.5) is 0 Å². The van der Waals surface area contributed by atoms with Crippen LogP contribution in [0, 0.1) is 5.92 Å². The summed E-state index contributed by atoms with van der Waals surface area (Å²) in [6.07, 6.45) is 5.42. The molecule has 0 fully saturated rings. The molecule has 0 spiro atoms. The monoisotopic (exact) mass is 224 g/mol. The molecule has 0 aliphatic carbocycles. The number of rotatable bonds is 7. The molecule has 16 heavy (non-hydrogen) atoms. The first-order valence-corrected chi connectivity index (χ1v) is 6.30. The molecule has 1 aromatic rings. The number of aryl methyl sites for hydroxylation is 3. The van der Waals surface area contributed by atoms with Crippen LogP contribution in [0.25, 0.3) is 0 Å². The van der Waals surface area contributed by atoms with E-state index in [1.165, 1.54) is 12.8 Å². The molecular weight excluding hydrogens is 200 g/mol. The highest BCUT2D eigenvalue weighted by atomic mass is 15.3. The first-order chi connectivity index (χ1) is 7.71. The molecule has 0 amide bonds. The quantitative estimate of drug-likeness (QED) is 0.766. The zero-order valence-corrected chi connectivity index (χ0v) is 10.7. The summed E-state index contributed by atoms with van der Waals surface area (Å²) in [5, 5.41) is 4.36. The molecule has 0 saturated heterocycles. The van der Waals surface area contributed by atoms with Gasteiger partial charge in [-0.3, -0.25) is 4.68 Å². The van der Waals surface area contributed by atoms with Crippen molar-refractivity contribution < 1.29 is 0 Å². The number of nitrogens with zero attached hydrogens (tertiary/aromatic N) is 3. The lowest BCUT2D eigenvalue weighted by molar-refractivity contribution is 0.435. The summed E-state index contributed by atoms with van der Waals surface area (Å²) in [5.41, 5.74) is 5.60. The van der Waals surface area contributed by atoms with E-state index in [1.807, 2.05) is 11.7 Å². The molecule has 1 aromatic heterocycles. The number of hydrogen-bond donors (Lipinski definition) is 1. The molecule has 4 nitrogen and oxygen atoms in total. The number of aromatic nitrogens is 3. The summed E-state index contributed by atoms with van der Waals surface area (Å²) in [6.45, 7) is 5.11. The molecule has 1 unspecified atom stereocenters. The fraction of sp³-hybridized carbons (Fsp3) is 0.833. The standard InChI is InChI=1S/C12H24N4/c1-4-10(8-9-13)6-7-12-14-11(5-2)15-16(12)3/h10H,4-9,13H2,1-3H3. The maximum absolute atomic E-state index is 5.60. The van der Waals surface area contributed by atoms with Crippen molar-refractivity contribution in [3.63, 3.8) is 0 Å². The van der Waals surface area contributed by atoms with Crippen LogP contribution in [0.15, 0.2) is 0 Å². The fourth-order valence-corrected chi connectivity index (χ4v) is 1.96. The second-order valence-corrected chi connectivity index (χ2v) is 4.31. The van der Waals surface area contributed by atoms with Crippen LogP contribution in [-0.4, -0.2) is 21.3 Å². The fourth-order valence-electron chi connectivity index (χ4n) is 1.96. The minimum absolute atomic E-state index is 0.728. The molecule has 92 valence electrons. The van der Waals surface area contributed by atoms with Gasteiger partial charge in [0.2, 0.25) is 0 Å². The van der Waals surface area contributed by atoms with Gasteiger partial charge in [-0.15, -0.1) is 0 Å². The van der Waals surface area contributed by atoms with E-state index < -0.39 is 0 Å². The highest BCUT2D eigenvalue weighted by Crippen LogP contribution is 2.15. The SMILES string of the molecule is CCc1nc(CCC(CC)CCN)n(C)n1. The minimum atomic E-state index is 0.728. The average Bonchev–Trinajstić information content (AvgIpc) is 2.65. The molecule has 0 saturated carbocycles. The lowest BCUT2D eigenvalue weighted by atomic mass is 9.96. The molecular formula is C12H24N4. The second-order valence-electron chi connectivity index (χ2n) is 4.31. The van der Waals surface area contributed by atoms with Gasteiger partial charge < -0.3 is 5.73 Å². The van der Waals surface area contributed by atoms with Crippen molar-refractivity contribution >= 4 is 0 Å². The molecule has 0 radical (unpaired) electrons.